The summed E-state index contributed by atoms with van der Waals surface area (Å²) in [6, 6.07) is 18.9. The van der Waals surface area contributed by atoms with E-state index >= 15 is 0 Å². The Morgan fingerprint density at radius 2 is 1.88 bits per heavy atom. The summed E-state index contributed by atoms with van der Waals surface area (Å²) in [5.41, 5.74) is 11.0. The molecule has 2 aromatic carbocycles. The maximum absolute atomic E-state index is 5.83. The molecule has 3 nitrogen and oxygen atoms in total. The first-order valence-electron chi connectivity index (χ1n) is 7.87. The lowest BCUT2D eigenvalue weighted by molar-refractivity contribution is 1.07. The zero-order chi connectivity index (χ0) is 16.7. The van der Waals surface area contributed by atoms with Gasteiger partial charge in [-0.05, 0) is 41.5 Å². The van der Waals surface area contributed by atoms with E-state index in [9.17, 15) is 0 Å². The van der Waals surface area contributed by atoms with Crippen LogP contribution >= 0.6 is 12.2 Å². The largest absolute Gasteiger partial charge is 0.393 e. The summed E-state index contributed by atoms with van der Waals surface area (Å²) in [6.45, 7) is 2.07. The van der Waals surface area contributed by atoms with Crippen LogP contribution in [0.15, 0.2) is 60.8 Å². The number of fused-ring (bicyclic) bond motifs is 2. The highest BCUT2D eigenvalue weighted by atomic mass is 32.1. The van der Waals surface area contributed by atoms with Crippen molar-refractivity contribution in [1.82, 2.24) is 9.38 Å². The van der Waals surface area contributed by atoms with Crippen molar-refractivity contribution < 1.29 is 0 Å². The molecular formula is C20H17N3S. The first-order valence-corrected chi connectivity index (χ1v) is 8.28. The van der Waals surface area contributed by atoms with Gasteiger partial charge in [0, 0.05) is 18.2 Å². The van der Waals surface area contributed by atoms with Crippen molar-refractivity contribution in [2.45, 2.75) is 13.3 Å². The molecule has 0 radical (unpaired) electrons. The molecule has 0 spiro atoms. The summed E-state index contributed by atoms with van der Waals surface area (Å²) < 4.78 is 2.08. The molecule has 0 saturated heterocycles. The number of thiocarbonyl (C=S) groups is 1. The Hall–Kier alpha value is -2.72. The molecule has 118 valence electrons. The Morgan fingerprint density at radius 3 is 2.67 bits per heavy atom. The van der Waals surface area contributed by atoms with Gasteiger partial charge in [-0.15, -0.1) is 0 Å². The highest BCUT2D eigenvalue weighted by molar-refractivity contribution is 7.80. The van der Waals surface area contributed by atoms with E-state index in [1.165, 1.54) is 16.3 Å². The van der Waals surface area contributed by atoms with Crippen molar-refractivity contribution in [3.63, 3.8) is 0 Å². The summed E-state index contributed by atoms with van der Waals surface area (Å²) >= 11 is 5.16. The Kier molecular flexibility index (Phi) is 3.54. The number of nitrogens with two attached hydrogens (primary N) is 1. The number of hydrogen-bond donors (Lipinski definition) is 1. The van der Waals surface area contributed by atoms with Crippen LogP contribution < -0.4 is 5.73 Å². The van der Waals surface area contributed by atoms with E-state index in [-0.39, 0.29) is 0 Å². The third-order valence-electron chi connectivity index (χ3n) is 4.25. The van der Waals surface area contributed by atoms with Gasteiger partial charge in [0.2, 0.25) is 0 Å². The summed E-state index contributed by atoms with van der Waals surface area (Å²) in [6.07, 6.45) is 2.57. The van der Waals surface area contributed by atoms with Gasteiger partial charge in [-0.3, -0.25) is 0 Å². The average Bonchev–Trinajstić information content (AvgIpc) is 2.91. The van der Waals surface area contributed by atoms with Gasteiger partial charge in [-0.1, -0.05) is 48.6 Å². The highest BCUT2D eigenvalue weighted by Gasteiger charge is 2.15. The number of aromatic nitrogens is 2. The van der Waals surface area contributed by atoms with Gasteiger partial charge < -0.3 is 10.1 Å². The van der Waals surface area contributed by atoms with E-state index in [0.717, 1.165) is 22.6 Å². The van der Waals surface area contributed by atoms with Crippen LogP contribution in [0.25, 0.3) is 27.7 Å². The number of rotatable bonds is 3. The second-order valence-electron chi connectivity index (χ2n) is 6.04. The number of pyridine rings is 1. The minimum Gasteiger partial charge on any atom is -0.393 e. The second-order valence-corrected chi connectivity index (χ2v) is 6.57. The van der Waals surface area contributed by atoms with Crippen LogP contribution in [0.5, 0.6) is 0 Å². The van der Waals surface area contributed by atoms with Crippen molar-refractivity contribution in [1.29, 1.82) is 0 Å². The summed E-state index contributed by atoms with van der Waals surface area (Å²) in [7, 11) is 0. The van der Waals surface area contributed by atoms with Crippen LogP contribution in [0.3, 0.4) is 0 Å². The fraction of sp³-hybridized carbons (Fsp3) is 0.100. The Bertz CT molecular complexity index is 1080. The van der Waals surface area contributed by atoms with E-state index in [1.807, 2.05) is 12.3 Å². The molecule has 2 N–H and O–H groups in total. The minimum absolute atomic E-state index is 0.472. The van der Waals surface area contributed by atoms with Crippen LogP contribution in [0.1, 0.15) is 11.3 Å². The topological polar surface area (TPSA) is 43.3 Å². The van der Waals surface area contributed by atoms with E-state index in [0.29, 0.717) is 11.4 Å². The first kappa shape index (κ1) is 14.8. The number of nitrogens with zero attached hydrogens (tertiary/aromatic N) is 2. The number of benzene rings is 2. The molecular weight excluding hydrogens is 314 g/mol. The van der Waals surface area contributed by atoms with Crippen LogP contribution in [0.4, 0.5) is 0 Å². The minimum atomic E-state index is 0.472. The first-order chi connectivity index (χ1) is 11.6. The molecule has 0 bridgehead atoms. The van der Waals surface area contributed by atoms with Gasteiger partial charge in [-0.25, -0.2) is 4.98 Å². The van der Waals surface area contributed by atoms with Gasteiger partial charge in [0.25, 0.3) is 0 Å². The summed E-state index contributed by atoms with van der Waals surface area (Å²) in [4.78, 5) is 5.32. The zero-order valence-corrected chi connectivity index (χ0v) is 14.2. The molecule has 4 aromatic rings. The lowest BCUT2D eigenvalue weighted by Crippen LogP contribution is -2.13. The third-order valence-corrected chi connectivity index (χ3v) is 4.39. The molecule has 0 saturated carbocycles. The lowest BCUT2D eigenvalue weighted by Gasteiger charge is -2.06. The fourth-order valence-electron chi connectivity index (χ4n) is 3.10. The Labute approximate surface area is 145 Å². The van der Waals surface area contributed by atoms with Crippen molar-refractivity contribution in [2.75, 3.05) is 0 Å². The second kappa shape index (κ2) is 5.73. The number of imidazole rings is 1. The van der Waals surface area contributed by atoms with Crippen LogP contribution in [0.2, 0.25) is 0 Å². The van der Waals surface area contributed by atoms with Crippen molar-refractivity contribution in [3.05, 3.63) is 72.1 Å². The van der Waals surface area contributed by atoms with Gasteiger partial charge >= 0.3 is 0 Å². The van der Waals surface area contributed by atoms with E-state index < -0.39 is 0 Å². The van der Waals surface area contributed by atoms with E-state index in [1.54, 1.807) is 0 Å². The molecule has 0 aliphatic heterocycles. The van der Waals surface area contributed by atoms with Crippen molar-refractivity contribution in [2.24, 2.45) is 5.73 Å². The molecule has 0 unspecified atom stereocenters. The lowest BCUT2D eigenvalue weighted by atomic mass is 10.0. The third kappa shape index (κ3) is 2.55. The molecule has 0 amide bonds. The van der Waals surface area contributed by atoms with Crippen LogP contribution in [0, 0.1) is 6.92 Å². The predicted molar refractivity (Wildman–Crippen MR) is 103 cm³/mol. The Balaban J connectivity index is 1.97. The maximum atomic E-state index is 5.83. The number of hydrogen-bond acceptors (Lipinski definition) is 2. The van der Waals surface area contributed by atoms with E-state index in [2.05, 4.69) is 59.9 Å². The standard InChI is InChI=1S/C20H17N3S/c1-13-8-9-23-17(12-18(21)24)20(22-19(23)10-13)16-7-6-14-4-2-3-5-15(14)11-16/h2-11H,12H2,1H3,(H2,21,24). The molecule has 0 atom stereocenters. The fourth-order valence-corrected chi connectivity index (χ4v) is 3.24. The summed E-state index contributed by atoms with van der Waals surface area (Å²) in [5, 5.41) is 2.42. The predicted octanol–water partition coefficient (Wildman–Crippen LogP) is 4.29. The van der Waals surface area contributed by atoms with Gasteiger partial charge in [0.05, 0.1) is 16.4 Å². The molecule has 2 heterocycles. The molecule has 0 aliphatic rings. The molecule has 4 heteroatoms. The normalized spacial score (nSPS) is 11.2. The average molecular weight is 331 g/mol. The quantitative estimate of drug-likeness (QED) is 0.570. The van der Waals surface area contributed by atoms with Crippen LogP contribution in [-0.2, 0) is 6.42 Å². The SMILES string of the molecule is Cc1ccn2c(CC(N)=S)c(-c3ccc4ccccc4c3)nc2c1. The number of aryl methyl sites for hydroxylation is 1. The van der Waals surface area contributed by atoms with Gasteiger partial charge in [-0.2, -0.15) is 0 Å². The van der Waals surface area contributed by atoms with Gasteiger partial charge in [0.1, 0.15) is 5.65 Å². The molecule has 2 aromatic heterocycles. The monoisotopic (exact) mass is 331 g/mol. The molecule has 4 rings (SSSR count). The highest BCUT2D eigenvalue weighted by Crippen LogP contribution is 2.28. The molecule has 0 aliphatic carbocycles. The van der Waals surface area contributed by atoms with Crippen LogP contribution in [-0.4, -0.2) is 14.4 Å². The van der Waals surface area contributed by atoms with E-state index in [4.69, 9.17) is 22.9 Å². The smallest absolute Gasteiger partial charge is 0.137 e. The van der Waals surface area contributed by atoms with Crippen molar-refractivity contribution >= 4 is 33.6 Å². The Morgan fingerprint density at radius 1 is 1.08 bits per heavy atom. The molecule has 24 heavy (non-hydrogen) atoms. The zero-order valence-electron chi connectivity index (χ0n) is 13.4. The summed E-state index contributed by atoms with van der Waals surface area (Å²) in [5.74, 6) is 0. The molecule has 0 fully saturated rings. The van der Waals surface area contributed by atoms with Crippen molar-refractivity contribution in [3.8, 4) is 11.3 Å². The maximum Gasteiger partial charge on any atom is 0.137 e. The van der Waals surface area contributed by atoms with Gasteiger partial charge in [0.15, 0.2) is 0 Å².